The number of aryl methyl sites for hydroxylation is 3. The second kappa shape index (κ2) is 9.32. The van der Waals surface area contributed by atoms with E-state index < -0.39 is 0 Å². The molecule has 0 aliphatic rings. The molecular weight excluding hydrogens is 346 g/mol. The Kier molecular flexibility index (Phi) is 6.59. The molecule has 1 N–H and O–H groups in total. The van der Waals surface area contributed by atoms with Crippen LogP contribution in [0.3, 0.4) is 0 Å². The zero-order chi connectivity index (χ0) is 19.9. The molecule has 0 aliphatic heterocycles. The quantitative estimate of drug-likeness (QED) is 0.508. The molecule has 0 bridgehead atoms. The van der Waals surface area contributed by atoms with Crippen LogP contribution in [0.1, 0.15) is 34.7 Å². The number of hydrogen-bond donors (Lipinski definition) is 1. The van der Waals surface area contributed by atoms with Crippen LogP contribution in [0.15, 0.2) is 60.7 Å². The van der Waals surface area contributed by atoms with E-state index in [-0.39, 0.29) is 0 Å². The fourth-order valence-electron chi connectivity index (χ4n) is 3.10. The van der Waals surface area contributed by atoms with Crippen LogP contribution in [-0.2, 0) is 13.2 Å². The minimum absolute atomic E-state index is 0.528. The van der Waals surface area contributed by atoms with E-state index in [1.165, 1.54) is 16.7 Å². The van der Waals surface area contributed by atoms with Gasteiger partial charge in [-0.15, -0.1) is 0 Å². The van der Waals surface area contributed by atoms with Gasteiger partial charge in [-0.25, -0.2) is 0 Å². The summed E-state index contributed by atoms with van der Waals surface area (Å²) in [5.74, 6) is 1.56. The molecule has 0 aromatic heterocycles. The van der Waals surface area contributed by atoms with Gasteiger partial charge in [0, 0.05) is 12.2 Å². The molecule has 0 aliphatic carbocycles. The number of benzene rings is 3. The molecule has 0 atom stereocenters. The molecule has 146 valence electrons. The van der Waals surface area contributed by atoms with E-state index in [1.54, 1.807) is 0 Å². The van der Waals surface area contributed by atoms with E-state index >= 15 is 0 Å². The van der Waals surface area contributed by atoms with Crippen molar-refractivity contribution >= 4 is 5.69 Å². The van der Waals surface area contributed by atoms with E-state index in [4.69, 9.17) is 9.47 Å². The molecule has 0 amide bonds. The zero-order valence-corrected chi connectivity index (χ0v) is 17.2. The molecular formula is C25H29NO2. The van der Waals surface area contributed by atoms with Gasteiger partial charge < -0.3 is 14.8 Å². The first-order valence-electron chi connectivity index (χ1n) is 9.80. The predicted octanol–water partition coefficient (Wildman–Crippen LogP) is 6.20. The summed E-state index contributed by atoms with van der Waals surface area (Å²) in [5.41, 5.74) is 7.24. The molecule has 0 radical (unpaired) electrons. The number of ether oxygens (including phenoxy) is 2. The molecule has 28 heavy (non-hydrogen) atoms. The lowest BCUT2D eigenvalue weighted by Gasteiger charge is -2.15. The van der Waals surface area contributed by atoms with Crippen molar-refractivity contribution in [3.8, 4) is 11.5 Å². The lowest BCUT2D eigenvalue weighted by Crippen LogP contribution is -2.04. The van der Waals surface area contributed by atoms with Crippen LogP contribution in [0.5, 0.6) is 11.5 Å². The number of rotatable bonds is 8. The maximum Gasteiger partial charge on any atom is 0.161 e. The van der Waals surface area contributed by atoms with Crippen molar-refractivity contribution in [2.24, 2.45) is 0 Å². The first-order chi connectivity index (χ1) is 13.5. The minimum atomic E-state index is 0.528. The van der Waals surface area contributed by atoms with Crippen molar-refractivity contribution in [2.75, 3.05) is 11.9 Å². The summed E-state index contributed by atoms with van der Waals surface area (Å²) in [5, 5.41) is 3.51. The third kappa shape index (κ3) is 5.29. The van der Waals surface area contributed by atoms with Crippen molar-refractivity contribution in [1.29, 1.82) is 0 Å². The molecule has 0 spiro atoms. The second-order valence-corrected chi connectivity index (χ2v) is 7.16. The van der Waals surface area contributed by atoms with Gasteiger partial charge in [-0.2, -0.15) is 0 Å². The van der Waals surface area contributed by atoms with Gasteiger partial charge >= 0.3 is 0 Å². The summed E-state index contributed by atoms with van der Waals surface area (Å²) >= 11 is 0. The SMILES string of the molecule is CCOc1cc(CNc2ccc(C)cc2C)ccc1OCc1ccc(C)cc1. The molecule has 0 fully saturated rings. The molecule has 3 aromatic carbocycles. The van der Waals surface area contributed by atoms with Gasteiger partial charge in [0.1, 0.15) is 6.61 Å². The zero-order valence-electron chi connectivity index (χ0n) is 17.2. The Bertz CT molecular complexity index is 916. The van der Waals surface area contributed by atoms with Gasteiger partial charge in [-0.05, 0) is 62.6 Å². The molecule has 0 heterocycles. The van der Waals surface area contributed by atoms with Gasteiger partial charge in [0.2, 0.25) is 0 Å². The fraction of sp³-hybridized carbons (Fsp3) is 0.280. The predicted molar refractivity (Wildman–Crippen MR) is 116 cm³/mol. The van der Waals surface area contributed by atoms with E-state index in [0.29, 0.717) is 13.2 Å². The maximum absolute atomic E-state index is 6.02. The van der Waals surface area contributed by atoms with Gasteiger partial charge in [0.05, 0.1) is 6.61 Å². The van der Waals surface area contributed by atoms with Crippen molar-refractivity contribution in [3.63, 3.8) is 0 Å². The highest BCUT2D eigenvalue weighted by Gasteiger charge is 2.08. The average molecular weight is 376 g/mol. The minimum Gasteiger partial charge on any atom is -0.490 e. The Morgan fingerprint density at radius 2 is 1.43 bits per heavy atom. The van der Waals surface area contributed by atoms with Crippen molar-refractivity contribution in [3.05, 3.63) is 88.5 Å². The van der Waals surface area contributed by atoms with Crippen molar-refractivity contribution in [2.45, 2.75) is 40.8 Å². The Balaban J connectivity index is 1.68. The Hall–Kier alpha value is -2.94. The van der Waals surface area contributed by atoms with Crippen LogP contribution in [0.4, 0.5) is 5.69 Å². The van der Waals surface area contributed by atoms with Crippen LogP contribution in [0, 0.1) is 20.8 Å². The first-order valence-corrected chi connectivity index (χ1v) is 9.80. The third-order valence-corrected chi connectivity index (χ3v) is 4.69. The maximum atomic E-state index is 6.02. The smallest absolute Gasteiger partial charge is 0.161 e. The highest BCUT2D eigenvalue weighted by atomic mass is 16.5. The summed E-state index contributed by atoms with van der Waals surface area (Å²) < 4.78 is 11.8. The highest BCUT2D eigenvalue weighted by molar-refractivity contribution is 5.53. The molecule has 0 unspecified atom stereocenters. The lowest BCUT2D eigenvalue weighted by molar-refractivity contribution is 0.269. The summed E-state index contributed by atoms with van der Waals surface area (Å²) in [6.45, 7) is 10.2. The molecule has 3 aromatic rings. The second-order valence-electron chi connectivity index (χ2n) is 7.16. The molecule has 3 heteroatoms. The van der Waals surface area contributed by atoms with Crippen LogP contribution in [0.2, 0.25) is 0 Å². The van der Waals surface area contributed by atoms with Crippen LogP contribution >= 0.6 is 0 Å². The van der Waals surface area contributed by atoms with E-state index in [9.17, 15) is 0 Å². The molecule has 3 nitrogen and oxygen atoms in total. The lowest BCUT2D eigenvalue weighted by atomic mass is 10.1. The van der Waals surface area contributed by atoms with Gasteiger partial charge in [0.25, 0.3) is 0 Å². The Labute approximate surface area is 168 Å². The average Bonchev–Trinajstić information content (AvgIpc) is 2.68. The van der Waals surface area contributed by atoms with Crippen LogP contribution in [-0.4, -0.2) is 6.61 Å². The number of hydrogen-bond acceptors (Lipinski definition) is 3. The van der Waals surface area contributed by atoms with Crippen LogP contribution < -0.4 is 14.8 Å². The third-order valence-electron chi connectivity index (χ3n) is 4.69. The largest absolute Gasteiger partial charge is 0.490 e. The Morgan fingerprint density at radius 3 is 2.14 bits per heavy atom. The van der Waals surface area contributed by atoms with Gasteiger partial charge in [-0.3, -0.25) is 0 Å². The molecule has 0 saturated heterocycles. The first kappa shape index (κ1) is 19.8. The van der Waals surface area contributed by atoms with E-state index in [1.807, 2.05) is 13.0 Å². The topological polar surface area (TPSA) is 30.5 Å². The van der Waals surface area contributed by atoms with E-state index in [0.717, 1.165) is 34.9 Å². The fourth-order valence-corrected chi connectivity index (χ4v) is 3.10. The normalized spacial score (nSPS) is 10.6. The Morgan fingerprint density at radius 1 is 0.714 bits per heavy atom. The highest BCUT2D eigenvalue weighted by Crippen LogP contribution is 2.30. The molecule has 3 rings (SSSR count). The van der Waals surface area contributed by atoms with E-state index in [2.05, 4.69) is 80.7 Å². The molecule has 0 saturated carbocycles. The summed E-state index contributed by atoms with van der Waals surface area (Å²) in [7, 11) is 0. The monoisotopic (exact) mass is 375 g/mol. The van der Waals surface area contributed by atoms with Crippen molar-refractivity contribution in [1.82, 2.24) is 0 Å². The van der Waals surface area contributed by atoms with Crippen LogP contribution in [0.25, 0.3) is 0 Å². The number of anilines is 1. The van der Waals surface area contributed by atoms with Gasteiger partial charge in [0.15, 0.2) is 11.5 Å². The summed E-state index contributed by atoms with van der Waals surface area (Å²) in [4.78, 5) is 0. The number of nitrogens with one attached hydrogen (secondary N) is 1. The standard InChI is InChI=1S/C25H29NO2/c1-5-27-25-15-22(16-26-23-12-8-19(3)14-20(23)4)11-13-24(25)28-17-21-9-6-18(2)7-10-21/h6-15,26H,5,16-17H2,1-4H3. The van der Waals surface area contributed by atoms with Gasteiger partial charge in [-0.1, -0.05) is 53.6 Å². The summed E-state index contributed by atoms with van der Waals surface area (Å²) in [6, 6.07) is 21.0. The summed E-state index contributed by atoms with van der Waals surface area (Å²) in [6.07, 6.45) is 0. The van der Waals surface area contributed by atoms with Crippen molar-refractivity contribution < 1.29 is 9.47 Å².